The third kappa shape index (κ3) is 6.78. The van der Waals surface area contributed by atoms with Gasteiger partial charge in [-0.3, -0.25) is 0 Å². The zero-order chi connectivity index (χ0) is 25.8. The van der Waals surface area contributed by atoms with Gasteiger partial charge >= 0.3 is 17.1 Å². The van der Waals surface area contributed by atoms with E-state index in [-0.39, 0.29) is 17.1 Å². The number of hydrogen-bond donors (Lipinski definition) is 3. The standard InChI is InChI=1S/3C7H10N2O2.Fe/c3*1-4-5(2)8-7(10)9(11)6(4)3;/h3*11H,1-3H3;. The van der Waals surface area contributed by atoms with Crippen LogP contribution in [-0.4, -0.2) is 44.8 Å². The van der Waals surface area contributed by atoms with Crippen molar-refractivity contribution in [2.45, 2.75) is 62.3 Å². The summed E-state index contributed by atoms with van der Waals surface area (Å²) >= 11 is 0. The average molecular weight is 518 g/mol. The van der Waals surface area contributed by atoms with Crippen molar-refractivity contribution in [3.05, 3.63) is 82.3 Å². The maximum absolute atomic E-state index is 10.8. The molecule has 3 aromatic rings. The zero-order valence-corrected chi connectivity index (χ0v) is 21.7. The van der Waals surface area contributed by atoms with Gasteiger partial charge in [0.25, 0.3) is 0 Å². The number of rotatable bonds is 0. The Balaban J connectivity index is 0.000000473. The molecule has 0 aliphatic heterocycles. The van der Waals surface area contributed by atoms with E-state index in [1.54, 1.807) is 41.5 Å². The third-order valence-electron chi connectivity index (χ3n) is 5.54. The first-order chi connectivity index (χ1) is 15.1. The minimum Gasteiger partial charge on any atom is -0.424 e. The smallest absolute Gasteiger partial charge is 0.380 e. The summed E-state index contributed by atoms with van der Waals surface area (Å²) in [5, 5.41) is 27.2. The Bertz CT molecular complexity index is 1190. The second kappa shape index (κ2) is 12.1. The molecule has 0 saturated heterocycles. The quantitative estimate of drug-likeness (QED) is 0.293. The zero-order valence-electron chi connectivity index (χ0n) is 20.6. The van der Waals surface area contributed by atoms with Gasteiger partial charge in [-0.25, -0.2) is 14.4 Å². The molecule has 3 aromatic heterocycles. The molecule has 0 saturated carbocycles. The molecule has 0 radical (unpaired) electrons. The SMILES string of the molecule is Cc1nc(=O)n(O)c(C)c1C.Cc1nc(=O)n(O)c(C)c1C.Cc1nc(=O)n(O)c(C)c1C.[Fe]. The topological polar surface area (TPSA) is 165 Å². The van der Waals surface area contributed by atoms with E-state index in [1.165, 1.54) is 0 Å². The van der Waals surface area contributed by atoms with Crippen LogP contribution in [0.15, 0.2) is 14.4 Å². The Morgan fingerprint density at radius 1 is 0.471 bits per heavy atom. The van der Waals surface area contributed by atoms with Crippen LogP contribution in [0.2, 0.25) is 0 Å². The maximum Gasteiger partial charge on any atom is 0.380 e. The van der Waals surface area contributed by atoms with Crippen molar-refractivity contribution in [2.75, 3.05) is 0 Å². The summed E-state index contributed by atoms with van der Waals surface area (Å²) in [7, 11) is 0. The van der Waals surface area contributed by atoms with Crippen LogP contribution in [0.5, 0.6) is 0 Å². The largest absolute Gasteiger partial charge is 0.424 e. The van der Waals surface area contributed by atoms with Crippen molar-refractivity contribution in [3.63, 3.8) is 0 Å². The maximum atomic E-state index is 10.8. The summed E-state index contributed by atoms with van der Waals surface area (Å²) in [6, 6.07) is 0. The Hall–Kier alpha value is -3.44. The van der Waals surface area contributed by atoms with Crippen molar-refractivity contribution in [3.8, 4) is 0 Å². The molecule has 0 aliphatic carbocycles. The van der Waals surface area contributed by atoms with Crippen molar-refractivity contribution in [1.29, 1.82) is 0 Å². The first-order valence-electron chi connectivity index (χ1n) is 9.90. The van der Waals surface area contributed by atoms with Gasteiger partial charge in [-0.1, -0.05) is 0 Å². The molecule has 0 aliphatic rings. The van der Waals surface area contributed by atoms with E-state index in [1.807, 2.05) is 20.8 Å². The fourth-order valence-corrected chi connectivity index (χ4v) is 2.52. The Kier molecular flexibility index (Phi) is 10.9. The van der Waals surface area contributed by atoms with Gasteiger partial charge in [0.15, 0.2) is 0 Å². The van der Waals surface area contributed by atoms with Crippen LogP contribution < -0.4 is 17.1 Å². The van der Waals surface area contributed by atoms with Crippen molar-refractivity contribution in [1.82, 2.24) is 29.1 Å². The van der Waals surface area contributed by atoms with Crippen molar-refractivity contribution in [2.24, 2.45) is 0 Å². The minimum absolute atomic E-state index is 0. The molecule has 3 rings (SSSR count). The van der Waals surface area contributed by atoms with E-state index in [4.69, 9.17) is 15.6 Å². The fourth-order valence-electron chi connectivity index (χ4n) is 2.52. The fraction of sp³-hybridized carbons (Fsp3) is 0.429. The number of aromatic nitrogens is 6. The van der Waals surface area contributed by atoms with Gasteiger partial charge in [0, 0.05) is 34.2 Å². The Morgan fingerprint density at radius 3 is 0.824 bits per heavy atom. The van der Waals surface area contributed by atoms with Gasteiger partial charge in [-0.05, 0) is 79.0 Å². The van der Waals surface area contributed by atoms with Crippen LogP contribution in [0.4, 0.5) is 0 Å². The van der Waals surface area contributed by atoms with Crippen LogP contribution in [-0.2, 0) is 17.1 Å². The summed E-state index contributed by atoms with van der Waals surface area (Å²) in [6.07, 6.45) is 0. The molecular formula is C21H30FeN6O6. The monoisotopic (exact) mass is 518 g/mol. The molecule has 34 heavy (non-hydrogen) atoms. The number of hydrogen-bond acceptors (Lipinski definition) is 9. The van der Waals surface area contributed by atoms with Crippen LogP contribution in [0.25, 0.3) is 0 Å². The molecule has 13 heteroatoms. The normalized spacial score (nSPS) is 9.79. The molecule has 0 amide bonds. The van der Waals surface area contributed by atoms with E-state index >= 15 is 0 Å². The number of nitrogens with zero attached hydrogens (tertiary/aromatic N) is 6. The molecule has 0 spiro atoms. The molecule has 188 valence electrons. The Labute approximate surface area is 206 Å². The molecule has 0 bridgehead atoms. The predicted octanol–water partition coefficient (Wildman–Crippen LogP) is 1.22. The summed E-state index contributed by atoms with van der Waals surface area (Å²) < 4.78 is 1.67. The second-order valence-corrected chi connectivity index (χ2v) is 7.51. The van der Waals surface area contributed by atoms with Crippen LogP contribution in [0.3, 0.4) is 0 Å². The van der Waals surface area contributed by atoms with E-state index in [0.717, 1.165) is 16.7 Å². The first-order valence-corrected chi connectivity index (χ1v) is 9.90. The minimum atomic E-state index is -0.620. The molecule has 3 N–H and O–H groups in total. The first kappa shape index (κ1) is 30.6. The predicted molar refractivity (Wildman–Crippen MR) is 120 cm³/mol. The second-order valence-electron chi connectivity index (χ2n) is 7.51. The average Bonchev–Trinajstić information content (AvgIpc) is 2.77. The van der Waals surface area contributed by atoms with Gasteiger partial charge in [0.05, 0.1) is 17.1 Å². The molecule has 0 unspecified atom stereocenters. The van der Waals surface area contributed by atoms with Crippen LogP contribution >= 0.6 is 0 Å². The third-order valence-corrected chi connectivity index (χ3v) is 5.54. The molecule has 3 heterocycles. The Morgan fingerprint density at radius 2 is 0.647 bits per heavy atom. The van der Waals surface area contributed by atoms with E-state index < -0.39 is 17.1 Å². The van der Waals surface area contributed by atoms with Gasteiger partial charge in [-0.2, -0.15) is 15.0 Å². The summed E-state index contributed by atoms with van der Waals surface area (Å²) in [4.78, 5) is 43.2. The van der Waals surface area contributed by atoms with Crippen LogP contribution in [0.1, 0.15) is 50.9 Å². The number of aryl methyl sites for hydroxylation is 3. The summed E-state index contributed by atoms with van der Waals surface area (Å²) in [5.74, 6) is 0. The van der Waals surface area contributed by atoms with E-state index in [9.17, 15) is 14.4 Å². The summed E-state index contributed by atoms with van der Waals surface area (Å²) in [5.41, 5.74) is 4.29. The summed E-state index contributed by atoms with van der Waals surface area (Å²) in [6.45, 7) is 15.7. The molecular weight excluding hydrogens is 488 g/mol. The van der Waals surface area contributed by atoms with Gasteiger partial charge in [0.2, 0.25) is 0 Å². The molecule has 12 nitrogen and oxygen atoms in total. The van der Waals surface area contributed by atoms with Crippen LogP contribution in [0, 0.1) is 62.3 Å². The van der Waals surface area contributed by atoms with Gasteiger partial charge < -0.3 is 15.6 Å². The van der Waals surface area contributed by atoms with Gasteiger partial charge in [0.1, 0.15) is 0 Å². The molecule has 0 aromatic carbocycles. The van der Waals surface area contributed by atoms with Gasteiger partial charge in [-0.15, -0.1) is 14.2 Å². The molecule has 0 fully saturated rings. The van der Waals surface area contributed by atoms with Crippen molar-refractivity contribution < 1.29 is 32.7 Å². The van der Waals surface area contributed by atoms with E-state index in [0.29, 0.717) is 48.4 Å². The van der Waals surface area contributed by atoms with E-state index in [2.05, 4.69) is 15.0 Å². The van der Waals surface area contributed by atoms with Crippen molar-refractivity contribution >= 4 is 0 Å². The molecule has 0 atom stereocenters.